The molecule has 100 valence electrons. The van der Waals surface area contributed by atoms with E-state index in [0.29, 0.717) is 12.1 Å². The van der Waals surface area contributed by atoms with Crippen molar-refractivity contribution in [3.05, 3.63) is 0 Å². The maximum atomic E-state index is 9.93. The van der Waals surface area contributed by atoms with E-state index in [1.54, 1.807) is 0 Å². The molecule has 0 aromatic heterocycles. The van der Waals surface area contributed by atoms with Crippen molar-refractivity contribution in [3.63, 3.8) is 0 Å². The molecule has 4 nitrogen and oxygen atoms in total. The molecule has 17 heavy (non-hydrogen) atoms. The lowest BCUT2D eigenvalue weighted by molar-refractivity contribution is 0.0735. The molecule has 4 heteroatoms. The topological polar surface area (TPSA) is 38.7 Å². The molecule has 1 aliphatic heterocycles. The van der Waals surface area contributed by atoms with Crippen LogP contribution >= 0.6 is 0 Å². The molecule has 1 heterocycles. The highest BCUT2D eigenvalue weighted by molar-refractivity contribution is 4.85. The molecule has 1 saturated heterocycles. The van der Waals surface area contributed by atoms with Crippen LogP contribution in [0, 0.1) is 0 Å². The minimum atomic E-state index is -0.129. The largest absolute Gasteiger partial charge is 0.392 e. The van der Waals surface area contributed by atoms with Crippen molar-refractivity contribution in [3.8, 4) is 0 Å². The number of rotatable bonds is 3. The van der Waals surface area contributed by atoms with Gasteiger partial charge in [0.15, 0.2) is 0 Å². The molecule has 0 bridgehead atoms. The van der Waals surface area contributed by atoms with E-state index in [4.69, 9.17) is 0 Å². The summed E-state index contributed by atoms with van der Waals surface area (Å²) in [6, 6.07) is 0.909. The summed E-state index contributed by atoms with van der Waals surface area (Å²) in [6.45, 7) is 4.45. The zero-order valence-electron chi connectivity index (χ0n) is 11.2. The summed E-state index contributed by atoms with van der Waals surface area (Å²) in [4.78, 5) is 4.83. The third-order valence-corrected chi connectivity index (χ3v) is 4.33. The van der Waals surface area contributed by atoms with E-state index in [1.807, 2.05) is 0 Å². The normalized spacial score (nSPS) is 37.2. The zero-order chi connectivity index (χ0) is 12.3. The van der Waals surface area contributed by atoms with Crippen molar-refractivity contribution in [2.45, 2.75) is 43.9 Å². The van der Waals surface area contributed by atoms with Gasteiger partial charge in [-0.05, 0) is 26.9 Å². The Bertz CT molecular complexity index is 237. The number of aliphatic hydroxyl groups excluding tert-OH is 1. The van der Waals surface area contributed by atoms with Gasteiger partial charge in [0.1, 0.15) is 0 Å². The summed E-state index contributed by atoms with van der Waals surface area (Å²) in [6.07, 6.45) is 4.42. The van der Waals surface area contributed by atoms with Crippen molar-refractivity contribution in [1.29, 1.82) is 0 Å². The molecule has 2 fully saturated rings. The van der Waals surface area contributed by atoms with Crippen molar-refractivity contribution in [1.82, 2.24) is 15.1 Å². The predicted octanol–water partition coefficient (Wildman–Crippen LogP) is 0.125. The summed E-state index contributed by atoms with van der Waals surface area (Å²) in [7, 11) is 4.39. The Morgan fingerprint density at radius 3 is 2.71 bits per heavy atom. The van der Waals surface area contributed by atoms with Gasteiger partial charge < -0.3 is 15.3 Å². The highest BCUT2D eigenvalue weighted by Crippen LogP contribution is 2.18. The summed E-state index contributed by atoms with van der Waals surface area (Å²) in [5.74, 6) is 0. The van der Waals surface area contributed by atoms with Gasteiger partial charge >= 0.3 is 0 Å². The van der Waals surface area contributed by atoms with Gasteiger partial charge in [0.2, 0.25) is 0 Å². The number of likely N-dealkylation sites (N-methyl/N-ethyl adjacent to an activating group) is 2. The summed E-state index contributed by atoms with van der Waals surface area (Å²) in [5.41, 5.74) is 0. The van der Waals surface area contributed by atoms with Crippen molar-refractivity contribution >= 4 is 0 Å². The fourth-order valence-corrected chi connectivity index (χ4v) is 2.96. The molecular weight excluding hydrogens is 214 g/mol. The zero-order valence-corrected chi connectivity index (χ0v) is 11.2. The van der Waals surface area contributed by atoms with Crippen LogP contribution in [0.5, 0.6) is 0 Å². The molecule has 1 saturated carbocycles. The van der Waals surface area contributed by atoms with E-state index in [2.05, 4.69) is 29.2 Å². The second-order valence-electron chi connectivity index (χ2n) is 5.76. The molecule has 0 aromatic rings. The van der Waals surface area contributed by atoms with Crippen molar-refractivity contribution in [2.24, 2.45) is 0 Å². The Morgan fingerprint density at radius 1 is 1.18 bits per heavy atom. The number of hydrogen-bond acceptors (Lipinski definition) is 4. The second-order valence-corrected chi connectivity index (χ2v) is 5.76. The molecule has 0 radical (unpaired) electrons. The van der Waals surface area contributed by atoms with Crippen molar-refractivity contribution < 1.29 is 5.11 Å². The Balaban J connectivity index is 1.76. The Labute approximate surface area is 105 Å². The number of nitrogens with one attached hydrogen (secondary N) is 1. The van der Waals surface area contributed by atoms with Gasteiger partial charge in [-0.1, -0.05) is 12.8 Å². The standard InChI is InChI=1S/C13H27N3O/c1-15-7-8-16(2)11(10-15)9-14-12-5-3-4-6-13(12)17/h11-14,17H,3-10H2,1-2H3. The van der Waals surface area contributed by atoms with E-state index in [9.17, 15) is 5.11 Å². The van der Waals surface area contributed by atoms with Gasteiger partial charge in [-0.15, -0.1) is 0 Å². The van der Waals surface area contributed by atoms with E-state index >= 15 is 0 Å². The smallest absolute Gasteiger partial charge is 0.0693 e. The van der Waals surface area contributed by atoms with Gasteiger partial charge in [0, 0.05) is 38.3 Å². The molecule has 2 N–H and O–H groups in total. The first-order valence-corrected chi connectivity index (χ1v) is 6.97. The molecular formula is C13H27N3O. The van der Waals surface area contributed by atoms with Gasteiger partial charge in [-0.3, -0.25) is 4.90 Å². The maximum absolute atomic E-state index is 9.93. The van der Waals surface area contributed by atoms with Crippen LogP contribution in [0.3, 0.4) is 0 Å². The van der Waals surface area contributed by atoms with Crippen LogP contribution < -0.4 is 5.32 Å². The van der Waals surface area contributed by atoms with Crippen molar-refractivity contribution in [2.75, 3.05) is 40.3 Å². The Kier molecular flexibility index (Phi) is 4.79. The SMILES string of the molecule is CN1CCN(C)C(CNC2CCCCC2O)C1. The molecule has 1 aliphatic carbocycles. The third-order valence-electron chi connectivity index (χ3n) is 4.33. The molecule has 0 aromatic carbocycles. The van der Waals surface area contributed by atoms with Crippen LogP contribution in [0.15, 0.2) is 0 Å². The average Bonchev–Trinajstić information content (AvgIpc) is 2.32. The lowest BCUT2D eigenvalue weighted by atomic mass is 9.92. The third kappa shape index (κ3) is 3.65. The molecule has 2 rings (SSSR count). The minimum absolute atomic E-state index is 0.129. The molecule has 0 spiro atoms. The summed E-state index contributed by atoms with van der Waals surface area (Å²) < 4.78 is 0. The van der Waals surface area contributed by atoms with Crippen LogP contribution in [0.2, 0.25) is 0 Å². The fourth-order valence-electron chi connectivity index (χ4n) is 2.96. The molecule has 3 atom stereocenters. The maximum Gasteiger partial charge on any atom is 0.0693 e. The summed E-state index contributed by atoms with van der Waals surface area (Å²) in [5, 5.41) is 13.5. The Morgan fingerprint density at radius 2 is 1.94 bits per heavy atom. The van der Waals surface area contributed by atoms with E-state index in [-0.39, 0.29) is 6.10 Å². The van der Waals surface area contributed by atoms with Crippen LogP contribution in [-0.2, 0) is 0 Å². The highest BCUT2D eigenvalue weighted by Gasteiger charge is 2.26. The van der Waals surface area contributed by atoms with Gasteiger partial charge in [-0.2, -0.15) is 0 Å². The van der Waals surface area contributed by atoms with Gasteiger partial charge in [-0.25, -0.2) is 0 Å². The summed E-state index contributed by atoms with van der Waals surface area (Å²) >= 11 is 0. The Hall–Kier alpha value is -0.160. The number of piperazine rings is 1. The molecule has 3 unspecified atom stereocenters. The first-order chi connectivity index (χ1) is 8.16. The minimum Gasteiger partial charge on any atom is -0.392 e. The van der Waals surface area contributed by atoms with Gasteiger partial charge in [0.25, 0.3) is 0 Å². The van der Waals surface area contributed by atoms with E-state index < -0.39 is 0 Å². The lowest BCUT2D eigenvalue weighted by Gasteiger charge is -2.39. The van der Waals surface area contributed by atoms with E-state index in [0.717, 1.165) is 32.5 Å². The molecule has 0 amide bonds. The first kappa shape index (κ1) is 13.3. The number of nitrogens with zero attached hydrogens (tertiary/aromatic N) is 2. The van der Waals surface area contributed by atoms with Crippen LogP contribution in [0.4, 0.5) is 0 Å². The van der Waals surface area contributed by atoms with E-state index in [1.165, 1.54) is 19.4 Å². The van der Waals surface area contributed by atoms with Crippen LogP contribution in [0.1, 0.15) is 25.7 Å². The van der Waals surface area contributed by atoms with Crippen LogP contribution in [0.25, 0.3) is 0 Å². The van der Waals surface area contributed by atoms with Gasteiger partial charge in [0.05, 0.1) is 6.10 Å². The lowest BCUT2D eigenvalue weighted by Crippen LogP contribution is -2.56. The second kappa shape index (κ2) is 6.14. The molecule has 2 aliphatic rings. The average molecular weight is 241 g/mol. The van der Waals surface area contributed by atoms with Crippen LogP contribution in [-0.4, -0.2) is 73.4 Å². The number of hydrogen-bond donors (Lipinski definition) is 2. The fraction of sp³-hybridized carbons (Fsp3) is 1.00. The first-order valence-electron chi connectivity index (χ1n) is 6.97. The quantitative estimate of drug-likeness (QED) is 0.736. The number of aliphatic hydroxyl groups is 1. The predicted molar refractivity (Wildman–Crippen MR) is 70.2 cm³/mol. The highest BCUT2D eigenvalue weighted by atomic mass is 16.3. The monoisotopic (exact) mass is 241 g/mol.